The summed E-state index contributed by atoms with van der Waals surface area (Å²) in [6.07, 6.45) is 1.21. The van der Waals surface area contributed by atoms with Gasteiger partial charge in [-0.3, -0.25) is 9.10 Å². The van der Waals surface area contributed by atoms with Crippen LogP contribution in [0.15, 0.2) is 65.1 Å². The Morgan fingerprint density at radius 2 is 1.61 bits per heavy atom. The first-order valence-electron chi connectivity index (χ1n) is 9.76. The Kier molecular flexibility index (Phi) is 6.86. The van der Waals surface area contributed by atoms with Crippen LogP contribution in [0.4, 0.5) is 11.4 Å². The highest BCUT2D eigenvalue weighted by atomic mass is 79.9. The maximum absolute atomic E-state index is 12.6. The van der Waals surface area contributed by atoms with E-state index in [2.05, 4.69) is 21.2 Å². The van der Waals surface area contributed by atoms with Gasteiger partial charge in [-0.25, -0.2) is 8.42 Å². The van der Waals surface area contributed by atoms with Crippen LogP contribution >= 0.6 is 15.9 Å². The zero-order valence-corrected chi connectivity index (χ0v) is 20.3. The molecule has 0 spiro atoms. The standard InChI is InChI=1S/C24H25BrN2O3S/c1-16-5-6-17(2)23(13-16)27(31(4,29)30)15-19-7-9-20(10-8-19)24(28)26-21-11-12-22(25)18(3)14-21/h5-14H,15H2,1-4H3,(H,26,28). The molecule has 0 fully saturated rings. The summed E-state index contributed by atoms with van der Waals surface area (Å²) < 4.78 is 27.4. The zero-order valence-electron chi connectivity index (χ0n) is 17.9. The van der Waals surface area contributed by atoms with E-state index in [1.165, 1.54) is 10.6 Å². The van der Waals surface area contributed by atoms with E-state index in [-0.39, 0.29) is 12.5 Å². The molecule has 0 aliphatic carbocycles. The number of benzene rings is 3. The van der Waals surface area contributed by atoms with Crippen LogP contribution in [-0.4, -0.2) is 20.6 Å². The summed E-state index contributed by atoms with van der Waals surface area (Å²) >= 11 is 3.45. The number of rotatable bonds is 6. The molecule has 0 unspecified atom stereocenters. The second-order valence-corrected chi connectivity index (χ2v) is 10.4. The third-order valence-electron chi connectivity index (χ3n) is 4.99. The van der Waals surface area contributed by atoms with Gasteiger partial charge in [0.05, 0.1) is 18.5 Å². The molecular weight excluding hydrogens is 476 g/mol. The molecule has 3 aromatic rings. The van der Waals surface area contributed by atoms with Gasteiger partial charge in [0.2, 0.25) is 10.0 Å². The highest BCUT2D eigenvalue weighted by molar-refractivity contribution is 9.10. The molecule has 0 aliphatic rings. The van der Waals surface area contributed by atoms with Gasteiger partial charge in [-0.15, -0.1) is 0 Å². The second kappa shape index (κ2) is 9.24. The first kappa shape index (κ1) is 23.0. The fourth-order valence-electron chi connectivity index (χ4n) is 3.22. The van der Waals surface area contributed by atoms with E-state index in [1.807, 2.05) is 57.2 Å². The van der Waals surface area contributed by atoms with E-state index in [0.29, 0.717) is 16.9 Å². The quantitative estimate of drug-likeness (QED) is 0.479. The van der Waals surface area contributed by atoms with Gasteiger partial charge < -0.3 is 5.32 Å². The van der Waals surface area contributed by atoms with Crippen molar-refractivity contribution >= 4 is 43.2 Å². The molecule has 0 radical (unpaired) electrons. The van der Waals surface area contributed by atoms with Crippen LogP contribution in [0.5, 0.6) is 0 Å². The first-order valence-corrected chi connectivity index (χ1v) is 12.4. The van der Waals surface area contributed by atoms with Gasteiger partial charge in [0.25, 0.3) is 5.91 Å². The van der Waals surface area contributed by atoms with Gasteiger partial charge in [0.1, 0.15) is 0 Å². The number of carbonyl (C=O) groups excluding carboxylic acids is 1. The summed E-state index contributed by atoms with van der Waals surface area (Å²) in [7, 11) is -3.48. The predicted molar refractivity (Wildman–Crippen MR) is 130 cm³/mol. The van der Waals surface area contributed by atoms with Crippen molar-refractivity contribution in [2.75, 3.05) is 15.9 Å². The largest absolute Gasteiger partial charge is 0.322 e. The van der Waals surface area contributed by atoms with Crippen molar-refractivity contribution in [3.05, 3.63) is 93.0 Å². The lowest BCUT2D eigenvalue weighted by molar-refractivity contribution is 0.102. The molecule has 162 valence electrons. The molecule has 1 amide bonds. The summed E-state index contributed by atoms with van der Waals surface area (Å²) in [5.74, 6) is -0.220. The van der Waals surface area contributed by atoms with Crippen LogP contribution in [0.25, 0.3) is 0 Å². The SMILES string of the molecule is Cc1ccc(C)c(N(Cc2ccc(C(=O)Nc3ccc(Br)c(C)c3)cc2)S(C)(=O)=O)c1. The summed E-state index contributed by atoms with van der Waals surface area (Å²) in [6, 6.07) is 18.3. The van der Waals surface area contributed by atoms with Gasteiger partial charge in [0, 0.05) is 15.7 Å². The van der Waals surface area contributed by atoms with Crippen LogP contribution < -0.4 is 9.62 Å². The van der Waals surface area contributed by atoms with Crippen molar-refractivity contribution in [3.63, 3.8) is 0 Å². The number of nitrogens with one attached hydrogen (secondary N) is 1. The Balaban J connectivity index is 1.80. The minimum atomic E-state index is -3.48. The number of hydrogen-bond acceptors (Lipinski definition) is 3. The van der Waals surface area contributed by atoms with Gasteiger partial charge in [-0.05, 0) is 79.4 Å². The van der Waals surface area contributed by atoms with Crippen molar-refractivity contribution in [3.8, 4) is 0 Å². The van der Waals surface area contributed by atoms with Gasteiger partial charge in [-0.1, -0.05) is 40.2 Å². The number of aryl methyl sites for hydroxylation is 3. The summed E-state index contributed by atoms with van der Waals surface area (Å²) in [4.78, 5) is 12.6. The van der Waals surface area contributed by atoms with Gasteiger partial charge in [0.15, 0.2) is 0 Å². The summed E-state index contributed by atoms with van der Waals surface area (Å²) in [5, 5.41) is 2.88. The minimum Gasteiger partial charge on any atom is -0.322 e. The highest BCUT2D eigenvalue weighted by Crippen LogP contribution is 2.26. The number of amides is 1. The lowest BCUT2D eigenvalue weighted by atomic mass is 10.1. The van der Waals surface area contributed by atoms with Crippen molar-refractivity contribution < 1.29 is 13.2 Å². The van der Waals surface area contributed by atoms with Crippen LogP contribution in [0.1, 0.15) is 32.6 Å². The normalized spacial score (nSPS) is 11.3. The average molecular weight is 501 g/mol. The molecule has 31 heavy (non-hydrogen) atoms. The lowest BCUT2D eigenvalue weighted by Crippen LogP contribution is -2.30. The Morgan fingerprint density at radius 3 is 2.23 bits per heavy atom. The number of sulfonamides is 1. The Labute approximate surface area is 192 Å². The molecule has 0 heterocycles. The van der Waals surface area contributed by atoms with E-state index < -0.39 is 10.0 Å². The summed E-state index contributed by atoms with van der Waals surface area (Å²) in [6.45, 7) is 5.98. The molecule has 0 saturated heterocycles. The molecular formula is C24H25BrN2O3S. The third kappa shape index (κ3) is 5.74. The Morgan fingerprint density at radius 1 is 0.935 bits per heavy atom. The predicted octanol–water partition coefficient (Wildman–Crippen LogP) is 5.59. The molecule has 0 atom stereocenters. The van der Waals surface area contributed by atoms with Crippen LogP contribution in [0.3, 0.4) is 0 Å². The molecule has 0 aliphatic heterocycles. The molecule has 5 nitrogen and oxygen atoms in total. The van der Waals surface area contributed by atoms with Crippen molar-refractivity contribution in [2.24, 2.45) is 0 Å². The van der Waals surface area contributed by atoms with Crippen LogP contribution in [-0.2, 0) is 16.6 Å². The zero-order chi connectivity index (χ0) is 22.8. The summed E-state index contributed by atoms with van der Waals surface area (Å²) in [5.41, 5.74) is 5.58. The lowest BCUT2D eigenvalue weighted by Gasteiger charge is -2.25. The molecule has 0 saturated carbocycles. The Hall–Kier alpha value is -2.64. The van der Waals surface area contributed by atoms with Gasteiger partial charge >= 0.3 is 0 Å². The maximum atomic E-state index is 12.6. The molecule has 0 bridgehead atoms. The smallest absolute Gasteiger partial charge is 0.255 e. The number of nitrogens with zero attached hydrogens (tertiary/aromatic N) is 1. The molecule has 3 aromatic carbocycles. The number of anilines is 2. The molecule has 1 N–H and O–H groups in total. The fourth-order valence-corrected chi connectivity index (χ4v) is 4.41. The monoisotopic (exact) mass is 500 g/mol. The molecule has 0 aromatic heterocycles. The van der Waals surface area contributed by atoms with Gasteiger partial charge in [-0.2, -0.15) is 0 Å². The van der Waals surface area contributed by atoms with Crippen LogP contribution in [0.2, 0.25) is 0 Å². The van der Waals surface area contributed by atoms with E-state index >= 15 is 0 Å². The molecule has 3 rings (SSSR count). The fraction of sp³-hybridized carbons (Fsp3) is 0.208. The van der Waals surface area contributed by atoms with Crippen molar-refractivity contribution in [1.82, 2.24) is 0 Å². The number of carbonyl (C=O) groups is 1. The van der Waals surface area contributed by atoms with Crippen molar-refractivity contribution in [2.45, 2.75) is 27.3 Å². The van der Waals surface area contributed by atoms with E-state index in [4.69, 9.17) is 0 Å². The van der Waals surface area contributed by atoms with E-state index in [1.54, 1.807) is 24.3 Å². The molecule has 7 heteroatoms. The second-order valence-electron chi connectivity index (χ2n) is 7.67. The van der Waals surface area contributed by atoms with Crippen molar-refractivity contribution in [1.29, 1.82) is 0 Å². The van der Waals surface area contributed by atoms with Crippen LogP contribution in [0, 0.1) is 20.8 Å². The minimum absolute atomic E-state index is 0.191. The Bertz CT molecular complexity index is 1220. The highest BCUT2D eigenvalue weighted by Gasteiger charge is 2.20. The number of hydrogen-bond donors (Lipinski definition) is 1. The topological polar surface area (TPSA) is 66.5 Å². The maximum Gasteiger partial charge on any atom is 0.255 e. The number of halogens is 1. The third-order valence-corrected chi connectivity index (χ3v) is 7.01. The first-order chi connectivity index (χ1) is 14.5. The van der Waals surface area contributed by atoms with E-state index in [0.717, 1.165) is 26.7 Å². The average Bonchev–Trinajstić information content (AvgIpc) is 2.70. The van der Waals surface area contributed by atoms with E-state index in [9.17, 15) is 13.2 Å².